The summed E-state index contributed by atoms with van der Waals surface area (Å²) in [7, 11) is 0. The van der Waals surface area contributed by atoms with Crippen LogP contribution in [0.1, 0.15) is 37.5 Å². The van der Waals surface area contributed by atoms with Gasteiger partial charge >= 0.3 is 0 Å². The zero-order valence-corrected chi connectivity index (χ0v) is 23.4. The van der Waals surface area contributed by atoms with Crippen molar-refractivity contribution in [3.8, 4) is 5.75 Å². The van der Waals surface area contributed by atoms with E-state index in [9.17, 15) is 9.59 Å². The van der Waals surface area contributed by atoms with Crippen LogP contribution in [0.25, 0.3) is 0 Å². The first-order valence-electron chi connectivity index (χ1n) is 11.8. The number of aryl methyl sites for hydroxylation is 1. The molecule has 5 nitrogen and oxygen atoms in total. The number of carbonyl (C=O) groups excluding carboxylic acids is 2. The Morgan fingerprint density at radius 3 is 2.33 bits per heavy atom. The Kier molecular flexibility index (Phi) is 9.57. The summed E-state index contributed by atoms with van der Waals surface area (Å²) in [5.74, 6) is -0.111. The van der Waals surface area contributed by atoms with E-state index in [1.807, 2.05) is 82.3 Å². The molecule has 3 rings (SSSR count). The Bertz CT molecular complexity index is 1190. The van der Waals surface area contributed by atoms with Crippen LogP contribution in [0.4, 0.5) is 0 Å². The summed E-state index contributed by atoms with van der Waals surface area (Å²) in [6.45, 7) is 7.81. The Balaban J connectivity index is 1.95. The summed E-state index contributed by atoms with van der Waals surface area (Å²) in [6, 6.07) is 22.1. The van der Waals surface area contributed by atoms with Crippen molar-refractivity contribution >= 4 is 39.3 Å². The first-order valence-corrected chi connectivity index (χ1v) is 13.0. The van der Waals surface area contributed by atoms with Crippen molar-refractivity contribution in [2.24, 2.45) is 0 Å². The smallest absolute Gasteiger partial charge is 0.261 e. The van der Waals surface area contributed by atoms with Crippen molar-refractivity contribution in [3.63, 3.8) is 0 Å². The summed E-state index contributed by atoms with van der Waals surface area (Å²) in [5.41, 5.74) is 2.52. The summed E-state index contributed by atoms with van der Waals surface area (Å²) >= 11 is 9.67. The second kappa shape index (κ2) is 12.4. The minimum absolute atomic E-state index is 0.213. The van der Waals surface area contributed by atoms with E-state index in [-0.39, 0.29) is 25.0 Å². The molecule has 0 saturated carbocycles. The Labute approximate surface area is 226 Å². The molecule has 1 atom stereocenters. The highest BCUT2D eigenvalue weighted by Crippen LogP contribution is 2.28. The average Bonchev–Trinajstić information content (AvgIpc) is 2.81. The lowest BCUT2D eigenvalue weighted by Gasteiger charge is -2.34. The first kappa shape index (κ1) is 27.8. The fourth-order valence-electron chi connectivity index (χ4n) is 3.79. The Morgan fingerprint density at radius 2 is 1.69 bits per heavy atom. The second-order valence-electron chi connectivity index (χ2n) is 9.76. The summed E-state index contributed by atoms with van der Waals surface area (Å²) < 4.78 is 6.62. The summed E-state index contributed by atoms with van der Waals surface area (Å²) in [6.07, 6.45) is 0.374. The Hall–Kier alpha value is -2.83. The predicted molar refractivity (Wildman–Crippen MR) is 148 cm³/mol. The second-order valence-corrected chi connectivity index (χ2v) is 11.1. The largest absolute Gasteiger partial charge is 0.482 e. The van der Waals surface area contributed by atoms with Crippen LogP contribution in [0.3, 0.4) is 0 Å². The molecule has 0 spiro atoms. The van der Waals surface area contributed by atoms with E-state index in [2.05, 4.69) is 21.2 Å². The maximum atomic E-state index is 13.7. The lowest BCUT2D eigenvalue weighted by molar-refractivity contribution is -0.143. The van der Waals surface area contributed by atoms with Gasteiger partial charge < -0.3 is 15.0 Å². The van der Waals surface area contributed by atoms with Crippen molar-refractivity contribution < 1.29 is 14.3 Å². The third kappa shape index (κ3) is 8.10. The lowest BCUT2D eigenvalue weighted by Crippen LogP contribution is -2.55. The highest BCUT2D eigenvalue weighted by atomic mass is 79.9. The van der Waals surface area contributed by atoms with Gasteiger partial charge in [-0.3, -0.25) is 9.59 Å². The molecular formula is C29H32BrClN2O3. The van der Waals surface area contributed by atoms with Crippen LogP contribution >= 0.6 is 27.5 Å². The average molecular weight is 572 g/mol. The van der Waals surface area contributed by atoms with Gasteiger partial charge in [-0.15, -0.1) is 0 Å². The highest BCUT2D eigenvalue weighted by Gasteiger charge is 2.32. The van der Waals surface area contributed by atoms with Crippen molar-refractivity contribution in [1.29, 1.82) is 0 Å². The van der Waals surface area contributed by atoms with E-state index < -0.39 is 11.6 Å². The quantitative estimate of drug-likeness (QED) is 0.326. The molecule has 7 heteroatoms. The number of hydrogen-bond donors (Lipinski definition) is 1. The first-order chi connectivity index (χ1) is 17.0. The van der Waals surface area contributed by atoms with Gasteiger partial charge in [-0.1, -0.05) is 82.1 Å². The van der Waals surface area contributed by atoms with Crippen molar-refractivity contribution in [2.45, 2.75) is 52.2 Å². The van der Waals surface area contributed by atoms with Crippen molar-refractivity contribution in [2.75, 3.05) is 6.61 Å². The van der Waals surface area contributed by atoms with Crippen LogP contribution in [-0.4, -0.2) is 34.9 Å². The third-order valence-electron chi connectivity index (χ3n) is 5.62. The van der Waals surface area contributed by atoms with E-state index in [1.165, 1.54) is 0 Å². The van der Waals surface area contributed by atoms with Gasteiger partial charge in [0.1, 0.15) is 11.8 Å². The van der Waals surface area contributed by atoms with Crippen LogP contribution in [0.15, 0.2) is 77.3 Å². The molecule has 0 radical (unpaired) electrons. The molecule has 0 bridgehead atoms. The molecule has 0 heterocycles. The molecule has 0 aromatic heterocycles. The van der Waals surface area contributed by atoms with Crippen LogP contribution in [0, 0.1) is 6.92 Å². The third-order valence-corrected chi connectivity index (χ3v) is 6.40. The molecule has 0 unspecified atom stereocenters. The molecule has 0 aliphatic heterocycles. The number of nitrogens with one attached hydrogen (secondary N) is 1. The van der Waals surface area contributed by atoms with Gasteiger partial charge in [-0.2, -0.15) is 0 Å². The normalized spacial score (nSPS) is 12.1. The standard InChI is InChI=1S/C29H32BrClN2O3/c1-20-10-8-9-13-22(20)18-33(27(34)19-36-26-15-14-23(30)17-24(26)31)25(28(35)32-29(2,3)4)16-21-11-6-5-7-12-21/h5-15,17,25H,16,18-19H2,1-4H3,(H,32,35)/t25-/m1/s1. The van der Waals surface area contributed by atoms with Gasteiger partial charge in [-0.25, -0.2) is 0 Å². The number of halogens is 2. The molecule has 0 saturated heterocycles. The number of carbonyl (C=O) groups is 2. The zero-order chi connectivity index (χ0) is 26.3. The van der Waals surface area contributed by atoms with E-state index in [1.54, 1.807) is 23.1 Å². The molecule has 190 valence electrons. The van der Waals surface area contributed by atoms with E-state index in [4.69, 9.17) is 16.3 Å². The van der Waals surface area contributed by atoms with E-state index in [0.29, 0.717) is 17.2 Å². The minimum atomic E-state index is -0.734. The Morgan fingerprint density at radius 1 is 1.03 bits per heavy atom. The van der Waals surface area contributed by atoms with Crippen LogP contribution in [0.5, 0.6) is 5.75 Å². The van der Waals surface area contributed by atoms with Crippen LogP contribution in [-0.2, 0) is 22.6 Å². The molecule has 0 aliphatic carbocycles. The molecule has 0 aliphatic rings. The van der Waals surface area contributed by atoms with Gasteiger partial charge in [0.05, 0.1) is 5.02 Å². The molecule has 1 N–H and O–H groups in total. The van der Waals surface area contributed by atoms with Crippen LogP contribution in [0.2, 0.25) is 5.02 Å². The van der Waals surface area contributed by atoms with Crippen molar-refractivity contribution in [1.82, 2.24) is 10.2 Å². The number of nitrogens with zero attached hydrogens (tertiary/aromatic N) is 1. The van der Waals surface area contributed by atoms with E-state index >= 15 is 0 Å². The van der Waals surface area contributed by atoms with Gasteiger partial charge in [0.15, 0.2) is 6.61 Å². The lowest BCUT2D eigenvalue weighted by atomic mass is 10.00. The number of benzene rings is 3. The fourth-order valence-corrected chi connectivity index (χ4v) is 4.52. The van der Waals surface area contributed by atoms with Gasteiger partial charge in [0.25, 0.3) is 5.91 Å². The molecular weight excluding hydrogens is 540 g/mol. The fraction of sp³-hybridized carbons (Fsp3) is 0.310. The summed E-state index contributed by atoms with van der Waals surface area (Å²) in [5, 5.41) is 3.46. The number of amides is 2. The molecule has 36 heavy (non-hydrogen) atoms. The van der Waals surface area contributed by atoms with Crippen molar-refractivity contribution in [3.05, 3.63) is 99.0 Å². The van der Waals surface area contributed by atoms with Gasteiger partial charge in [0, 0.05) is 23.0 Å². The maximum Gasteiger partial charge on any atom is 0.261 e. The topological polar surface area (TPSA) is 58.6 Å². The molecule has 2 amide bonds. The SMILES string of the molecule is Cc1ccccc1CN(C(=O)COc1ccc(Br)cc1Cl)[C@H](Cc1ccccc1)C(=O)NC(C)(C)C. The van der Waals surface area contributed by atoms with E-state index in [0.717, 1.165) is 21.2 Å². The molecule has 3 aromatic rings. The van der Waals surface area contributed by atoms with Gasteiger partial charge in [0.2, 0.25) is 5.91 Å². The zero-order valence-electron chi connectivity index (χ0n) is 21.1. The summed E-state index contributed by atoms with van der Waals surface area (Å²) in [4.78, 5) is 28.9. The van der Waals surface area contributed by atoms with Crippen LogP contribution < -0.4 is 10.1 Å². The highest BCUT2D eigenvalue weighted by molar-refractivity contribution is 9.10. The molecule has 3 aromatic carbocycles. The number of ether oxygens (including phenoxy) is 1. The monoisotopic (exact) mass is 570 g/mol. The number of rotatable bonds is 9. The predicted octanol–water partition coefficient (Wildman–Crippen LogP) is 6.34. The minimum Gasteiger partial charge on any atom is -0.482 e. The maximum absolute atomic E-state index is 13.7. The number of hydrogen-bond acceptors (Lipinski definition) is 3. The molecule has 0 fully saturated rings. The van der Waals surface area contributed by atoms with Gasteiger partial charge in [-0.05, 0) is 62.6 Å².